The molecule has 0 spiro atoms. The second kappa shape index (κ2) is 8.85. The SMILES string of the molecule is C/C=C(\C=C/CCCNC(N)=S)OC(F)(F)CC. The average molecular weight is 278 g/mol. The van der Waals surface area contributed by atoms with Crippen molar-refractivity contribution in [3.05, 3.63) is 24.0 Å². The number of hydrogen-bond acceptors (Lipinski definition) is 2. The fourth-order valence-corrected chi connectivity index (χ4v) is 1.17. The van der Waals surface area contributed by atoms with Crippen molar-refractivity contribution in [1.82, 2.24) is 5.32 Å². The van der Waals surface area contributed by atoms with Crippen molar-refractivity contribution in [2.24, 2.45) is 5.73 Å². The van der Waals surface area contributed by atoms with Crippen molar-refractivity contribution in [2.75, 3.05) is 6.54 Å². The Morgan fingerprint density at radius 2 is 2.17 bits per heavy atom. The molecule has 0 aliphatic carbocycles. The third kappa shape index (κ3) is 8.92. The molecule has 18 heavy (non-hydrogen) atoms. The predicted molar refractivity (Wildman–Crippen MR) is 73.2 cm³/mol. The van der Waals surface area contributed by atoms with Gasteiger partial charge in [0, 0.05) is 13.0 Å². The van der Waals surface area contributed by atoms with E-state index in [1.54, 1.807) is 19.1 Å². The molecule has 0 bridgehead atoms. The number of ether oxygens (including phenoxy) is 1. The van der Waals surface area contributed by atoms with Crippen LogP contribution in [0.4, 0.5) is 8.78 Å². The summed E-state index contributed by atoms with van der Waals surface area (Å²) >= 11 is 4.64. The van der Waals surface area contributed by atoms with Crippen molar-refractivity contribution in [1.29, 1.82) is 0 Å². The summed E-state index contributed by atoms with van der Waals surface area (Å²) in [7, 11) is 0. The quantitative estimate of drug-likeness (QED) is 0.310. The topological polar surface area (TPSA) is 47.3 Å². The first-order valence-electron chi connectivity index (χ1n) is 5.84. The Morgan fingerprint density at radius 1 is 1.50 bits per heavy atom. The average Bonchev–Trinajstić information content (AvgIpc) is 2.31. The molecule has 0 atom stereocenters. The van der Waals surface area contributed by atoms with Gasteiger partial charge in [0.05, 0.1) is 0 Å². The Morgan fingerprint density at radius 3 is 2.67 bits per heavy atom. The summed E-state index contributed by atoms with van der Waals surface area (Å²) in [6.07, 6.45) is 2.92. The van der Waals surface area contributed by atoms with Crippen molar-refractivity contribution < 1.29 is 13.5 Å². The van der Waals surface area contributed by atoms with E-state index >= 15 is 0 Å². The molecule has 104 valence electrons. The summed E-state index contributed by atoms with van der Waals surface area (Å²) in [5, 5.41) is 3.07. The molecule has 0 aliphatic rings. The van der Waals surface area contributed by atoms with E-state index in [1.165, 1.54) is 13.0 Å². The molecule has 0 aromatic carbocycles. The van der Waals surface area contributed by atoms with Crippen LogP contribution < -0.4 is 11.1 Å². The van der Waals surface area contributed by atoms with E-state index in [-0.39, 0.29) is 17.3 Å². The maximum Gasteiger partial charge on any atom is 0.397 e. The van der Waals surface area contributed by atoms with Crippen LogP contribution in [0.15, 0.2) is 24.0 Å². The Bertz CT molecular complexity index is 317. The van der Waals surface area contributed by atoms with Crippen LogP contribution in [-0.2, 0) is 4.74 Å². The molecular weight excluding hydrogens is 258 g/mol. The van der Waals surface area contributed by atoms with E-state index in [1.807, 2.05) is 0 Å². The molecule has 6 heteroatoms. The zero-order valence-electron chi connectivity index (χ0n) is 10.7. The van der Waals surface area contributed by atoms with Crippen molar-refractivity contribution in [3.8, 4) is 0 Å². The Kier molecular flexibility index (Phi) is 8.28. The minimum Gasteiger partial charge on any atom is -0.433 e. The van der Waals surface area contributed by atoms with Gasteiger partial charge in [-0.05, 0) is 44.1 Å². The molecule has 3 nitrogen and oxygen atoms in total. The second-order valence-corrected chi connectivity index (χ2v) is 4.06. The zero-order chi connectivity index (χ0) is 14.0. The lowest BCUT2D eigenvalue weighted by Crippen LogP contribution is -2.29. The summed E-state index contributed by atoms with van der Waals surface area (Å²) in [6.45, 7) is 3.69. The molecule has 0 rings (SSSR count). The molecule has 0 aliphatic heterocycles. The van der Waals surface area contributed by atoms with E-state index in [0.29, 0.717) is 6.54 Å². The molecule has 0 radical (unpaired) electrons. The van der Waals surface area contributed by atoms with Gasteiger partial charge in [-0.3, -0.25) is 0 Å². The van der Waals surface area contributed by atoms with Crippen LogP contribution in [0.5, 0.6) is 0 Å². The van der Waals surface area contributed by atoms with Crippen LogP contribution in [0, 0.1) is 0 Å². The van der Waals surface area contributed by atoms with Gasteiger partial charge in [-0.2, -0.15) is 8.78 Å². The van der Waals surface area contributed by atoms with Gasteiger partial charge in [-0.1, -0.05) is 13.0 Å². The molecule has 0 fully saturated rings. The molecule has 3 N–H and O–H groups in total. The van der Waals surface area contributed by atoms with Gasteiger partial charge in [-0.25, -0.2) is 0 Å². The van der Waals surface area contributed by atoms with Crippen LogP contribution in [-0.4, -0.2) is 17.8 Å². The summed E-state index contributed by atoms with van der Waals surface area (Å²) in [6, 6.07) is 0. The first kappa shape index (κ1) is 16.8. The van der Waals surface area contributed by atoms with E-state index < -0.39 is 6.11 Å². The molecule has 0 amide bonds. The maximum absolute atomic E-state index is 13.0. The van der Waals surface area contributed by atoms with Crippen molar-refractivity contribution >= 4 is 17.3 Å². The van der Waals surface area contributed by atoms with Gasteiger partial charge in [0.15, 0.2) is 5.11 Å². The normalized spacial score (nSPS) is 12.8. The highest BCUT2D eigenvalue weighted by atomic mass is 32.1. The van der Waals surface area contributed by atoms with Crippen LogP contribution in [0.1, 0.15) is 33.1 Å². The van der Waals surface area contributed by atoms with E-state index in [4.69, 9.17) is 5.73 Å². The monoisotopic (exact) mass is 278 g/mol. The standard InChI is InChI=1S/C12H20F2N2OS/c1-3-10(17-12(13,14)4-2)8-6-5-7-9-16-11(15)18/h3,6,8H,4-5,7,9H2,1-2H3,(H3,15,16,18)/b8-6-,10-3+. The Balaban J connectivity index is 3.96. The molecule has 0 aromatic rings. The first-order chi connectivity index (χ1) is 8.41. The van der Waals surface area contributed by atoms with Gasteiger partial charge in [0.2, 0.25) is 0 Å². The second-order valence-electron chi connectivity index (χ2n) is 3.62. The van der Waals surface area contributed by atoms with Gasteiger partial charge in [-0.15, -0.1) is 0 Å². The van der Waals surface area contributed by atoms with E-state index in [0.717, 1.165) is 12.8 Å². The molecule has 0 saturated carbocycles. The highest BCUT2D eigenvalue weighted by molar-refractivity contribution is 7.80. The lowest BCUT2D eigenvalue weighted by molar-refractivity contribution is -0.212. The number of alkyl halides is 2. The molecule has 0 aromatic heterocycles. The van der Waals surface area contributed by atoms with Gasteiger partial charge in [0.1, 0.15) is 5.76 Å². The number of allylic oxidation sites excluding steroid dienone is 3. The number of halogens is 2. The van der Waals surface area contributed by atoms with E-state index in [9.17, 15) is 8.78 Å². The lowest BCUT2D eigenvalue weighted by Gasteiger charge is -2.16. The summed E-state index contributed by atoms with van der Waals surface area (Å²) < 4.78 is 30.5. The number of hydrogen-bond donors (Lipinski definition) is 2. The highest BCUT2D eigenvalue weighted by Gasteiger charge is 2.28. The molecule has 0 heterocycles. The third-order valence-electron chi connectivity index (χ3n) is 2.09. The number of nitrogens with one attached hydrogen (secondary N) is 1. The molecule has 0 saturated heterocycles. The minimum atomic E-state index is -3.11. The Hall–Kier alpha value is -1.17. The van der Waals surface area contributed by atoms with Gasteiger partial charge >= 0.3 is 6.11 Å². The van der Waals surface area contributed by atoms with Crippen LogP contribution >= 0.6 is 12.2 Å². The van der Waals surface area contributed by atoms with Crippen LogP contribution in [0.3, 0.4) is 0 Å². The van der Waals surface area contributed by atoms with Gasteiger partial charge < -0.3 is 15.8 Å². The summed E-state index contributed by atoms with van der Waals surface area (Å²) in [5.74, 6) is 0.171. The smallest absolute Gasteiger partial charge is 0.397 e. The van der Waals surface area contributed by atoms with Crippen LogP contribution in [0.2, 0.25) is 0 Å². The van der Waals surface area contributed by atoms with Crippen molar-refractivity contribution in [3.63, 3.8) is 0 Å². The van der Waals surface area contributed by atoms with Crippen molar-refractivity contribution in [2.45, 2.75) is 39.2 Å². The van der Waals surface area contributed by atoms with E-state index in [2.05, 4.69) is 22.3 Å². The highest BCUT2D eigenvalue weighted by Crippen LogP contribution is 2.23. The number of rotatable bonds is 8. The number of unbranched alkanes of at least 4 members (excludes halogenated alkanes) is 1. The zero-order valence-corrected chi connectivity index (χ0v) is 11.5. The molecule has 0 unspecified atom stereocenters. The largest absolute Gasteiger partial charge is 0.433 e. The summed E-state index contributed by atoms with van der Waals surface area (Å²) in [5.41, 5.74) is 5.25. The number of nitrogens with two attached hydrogens (primary N) is 1. The lowest BCUT2D eigenvalue weighted by atomic mass is 10.2. The molecular formula is C12H20F2N2OS. The minimum absolute atomic E-state index is 0.171. The van der Waals surface area contributed by atoms with Crippen LogP contribution in [0.25, 0.3) is 0 Å². The predicted octanol–water partition coefficient (Wildman–Crippen LogP) is 3.08. The van der Waals surface area contributed by atoms with Gasteiger partial charge in [0.25, 0.3) is 0 Å². The maximum atomic E-state index is 13.0. The Labute approximate surface area is 112 Å². The fraction of sp³-hybridized carbons (Fsp3) is 0.583. The third-order valence-corrected chi connectivity index (χ3v) is 2.24. The first-order valence-corrected chi connectivity index (χ1v) is 6.25. The fourth-order valence-electron chi connectivity index (χ4n) is 1.06. The summed E-state index contributed by atoms with van der Waals surface area (Å²) in [4.78, 5) is 0. The number of thiocarbonyl (C=S) groups is 1.